The highest BCUT2D eigenvalue weighted by molar-refractivity contribution is 5.97. The summed E-state index contributed by atoms with van der Waals surface area (Å²) >= 11 is 0. The van der Waals surface area contributed by atoms with Crippen LogP contribution in [0.2, 0.25) is 0 Å². The van der Waals surface area contributed by atoms with Crippen LogP contribution in [0, 0.1) is 11.3 Å². The van der Waals surface area contributed by atoms with Gasteiger partial charge in [-0.15, -0.1) is 0 Å². The molecule has 2 aliphatic heterocycles. The predicted molar refractivity (Wildman–Crippen MR) is 151 cm³/mol. The number of nitrogens with one attached hydrogen (secondary N) is 1. The molecule has 3 unspecified atom stereocenters. The van der Waals surface area contributed by atoms with Gasteiger partial charge in [0.25, 0.3) is 0 Å². The van der Waals surface area contributed by atoms with Crippen LogP contribution < -0.4 is 0 Å². The number of carbonyl (C=O) groups is 2. The molecule has 2 aromatic rings. The monoisotopic (exact) mass is 560 g/mol. The van der Waals surface area contributed by atoms with Crippen molar-refractivity contribution >= 4 is 22.6 Å². The largest absolute Gasteiger partial charge is 0.382 e. The van der Waals surface area contributed by atoms with E-state index in [-0.39, 0.29) is 30.3 Å². The minimum Gasteiger partial charge on any atom is -0.382 e. The van der Waals surface area contributed by atoms with Gasteiger partial charge in [0.05, 0.1) is 6.10 Å². The number of hydrogen-bond acceptors (Lipinski definition) is 6. The summed E-state index contributed by atoms with van der Waals surface area (Å²) in [6, 6.07) is 8.67. The smallest absolute Gasteiger partial charge is 0.248 e. The van der Waals surface area contributed by atoms with E-state index in [2.05, 4.69) is 37.0 Å². The predicted octanol–water partition coefficient (Wildman–Crippen LogP) is 3.94. The van der Waals surface area contributed by atoms with Gasteiger partial charge in [-0.25, -0.2) is 0 Å². The minimum absolute atomic E-state index is 0.0810. The van der Waals surface area contributed by atoms with Crippen molar-refractivity contribution in [2.45, 2.75) is 107 Å². The average molecular weight is 561 g/mol. The van der Waals surface area contributed by atoms with Gasteiger partial charge in [-0.05, 0) is 69.6 Å². The van der Waals surface area contributed by atoms with E-state index in [0.29, 0.717) is 24.8 Å². The molecule has 1 saturated heterocycles. The van der Waals surface area contributed by atoms with Crippen LogP contribution in [0.15, 0.2) is 35.9 Å². The van der Waals surface area contributed by atoms with Gasteiger partial charge in [-0.2, -0.15) is 0 Å². The fourth-order valence-electron chi connectivity index (χ4n) is 9.53. The molecule has 8 rings (SSSR count). The van der Waals surface area contributed by atoms with Gasteiger partial charge < -0.3 is 29.2 Å². The number of ketones is 1. The number of amides is 1. The molecule has 1 aromatic heterocycles. The first-order valence-electron chi connectivity index (χ1n) is 15.2. The number of nitrogens with zero attached hydrogens (tertiary/aromatic N) is 1. The lowest BCUT2D eigenvalue weighted by Crippen LogP contribution is -2.75. The van der Waals surface area contributed by atoms with Crippen molar-refractivity contribution in [3.63, 3.8) is 0 Å². The quantitative estimate of drug-likeness (QED) is 0.588. The van der Waals surface area contributed by atoms with Gasteiger partial charge in [0, 0.05) is 52.5 Å². The number of H-pyrrole nitrogens is 1. The number of ether oxygens (including phenoxy) is 3. The lowest BCUT2D eigenvalue weighted by Gasteiger charge is -2.67. The number of carbonyl (C=O) groups excluding carboxylic acids is 2. The number of hydrogen-bond donors (Lipinski definition) is 2. The Bertz CT molecular complexity index is 1540. The second kappa shape index (κ2) is 7.90. The van der Waals surface area contributed by atoms with E-state index in [1.54, 1.807) is 11.0 Å². The van der Waals surface area contributed by atoms with Crippen molar-refractivity contribution in [2.24, 2.45) is 11.3 Å². The Balaban J connectivity index is 1.28. The molecule has 1 aromatic carbocycles. The molecule has 4 fully saturated rings. The standard InChI is InChI=1S/C33H40N2O6/c1-29(2)28-23(36)16-24-32(40-28,41-29)13-12-30(3)31(4)18(14-21-20-8-6-7-9-22(20)34-27(21)31)15-25(33(24,30)38)39-17-26(37)35(5)19-10-11-19/h6-9,16,18-19,25,28,34,38H,10-15,17H2,1-5H3/t18?,25-,28?,30?,31+,32-,33-/m0/s1. The van der Waals surface area contributed by atoms with E-state index in [9.17, 15) is 14.7 Å². The molecular weight excluding hydrogens is 520 g/mol. The summed E-state index contributed by atoms with van der Waals surface area (Å²) in [6.45, 7) is 8.07. The molecule has 2 bridgehead atoms. The zero-order chi connectivity index (χ0) is 28.7. The highest BCUT2D eigenvalue weighted by Crippen LogP contribution is 2.72. The number of aliphatic hydroxyl groups is 1. The number of aromatic amines is 1. The summed E-state index contributed by atoms with van der Waals surface area (Å²) in [4.78, 5) is 32.2. The van der Waals surface area contributed by atoms with Crippen molar-refractivity contribution < 1.29 is 28.9 Å². The second-order valence-corrected chi connectivity index (χ2v) is 14.4. The maximum atomic E-state index is 13.5. The Morgan fingerprint density at radius 2 is 1.93 bits per heavy atom. The number of aromatic nitrogens is 1. The Hall–Kier alpha value is -2.52. The van der Waals surface area contributed by atoms with E-state index in [4.69, 9.17) is 14.2 Å². The van der Waals surface area contributed by atoms with Gasteiger partial charge in [-0.1, -0.05) is 32.0 Å². The summed E-state index contributed by atoms with van der Waals surface area (Å²) < 4.78 is 19.6. The molecule has 8 heteroatoms. The van der Waals surface area contributed by atoms with E-state index in [0.717, 1.165) is 30.5 Å². The van der Waals surface area contributed by atoms with Gasteiger partial charge >= 0.3 is 0 Å². The first-order chi connectivity index (χ1) is 19.4. The van der Waals surface area contributed by atoms with Crippen LogP contribution in [-0.2, 0) is 35.6 Å². The van der Waals surface area contributed by atoms with Gasteiger partial charge in [0.2, 0.25) is 5.91 Å². The maximum absolute atomic E-state index is 13.5. The van der Waals surface area contributed by atoms with Crippen LogP contribution in [-0.4, -0.2) is 75.6 Å². The third-order valence-corrected chi connectivity index (χ3v) is 12.1. The molecular formula is C33H40N2O6. The number of para-hydroxylation sites is 1. The third kappa shape index (κ3) is 3.04. The topological polar surface area (TPSA) is 101 Å². The first kappa shape index (κ1) is 26.1. The van der Waals surface area contributed by atoms with Gasteiger partial charge in [-0.3, -0.25) is 9.59 Å². The molecule has 6 aliphatic rings. The molecule has 1 amide bonds. The summed E-state index contributed by atoms with van der Waals surface area (Å²) in [6.07, 6.45) is 4.75. The number of likely N-dealkylation sites (N-methyl/N-ethyl adjacent to an activating group) is 1. The molecule has 1 spiro atoms. The number of benzene rings is 1. The Kier molecular flexibility index (Phi) is 5.03. The SMILES string of the molecule is CN(C(=O)CO[C@H]1CC2Cc3c([nH]c4ccccc34)[C@]2(C)C2(C)CC[C@@]34OC(C(=O)C=C3[C@]12O)C(C)(C)O4)C1CC1. The molecule has 0 radical (unpaired) electrons. The highest BCUT2D eigenvalue weighted by atomic mass is 16.8. The normalized spacial score (nSPS) is 41.9. The zero-order valence-electron chi connectivity index (χ0n) is 24.6. The zero-order valence-corrected chi connectivity index (χ0v) is 24.6. The van der Waals surface area contributed by atoms with Gasteiger partial charge in [0.1, 0.15) is 17.8 Å². The van der Waals surface area contributed by atoms with Crippen molar-refractivity contribution in [2.75, 3.05) is 13.7 Å². The molecule has 7 atom stereocenters. The van der Waals surface area contributed by atoms with Crippen LogP contribution in [0.25, 0.3) is 10.9 Å². The van der Waals surface area contributed by atoms with Crippen LogP contribution in [0.4, 0.5) is 0 Å². The van der Waals surface area contributed by atoms with Crippen molar-refractivity contribution in [1.82, 2.24) is 9.88 Å². The summed E-state index contributed by atoms with van der Waals surface area (Å²) in [5, 5.41) is 14.6. The van der Waals surface area contributed by atoms with Gasteiger partial charge in [0.15, 0.2) is 17.7 Å². The highest BCUT2D eigenvalue weighted by Gasteiger charge is 2.78. The summed E-state index contributed by atoms with van der Waals surface area (Å²) in [5.74, 6) is -1.28. The van der Waals surface area contributed by atoms with Crippen molar-refractivity contribution in [1.29, 1.82) is 0 Å². The molecule has 2 N–H and O–H groups in total. The number of rotatable bonds is 4. The molecule has 3 heterocycles. The lowest BCUT2D eigenvalue weighted by atomic mass is 9.41. The Morgan fingerprint density at radius 3 is 2.68 bits per heavy atom. The Morgan fingerprint density at radius 1 is 1.17 bits per heavy atom. The van der Waals surface area contributed by atoms with E-state index in [1.165, 1.54) is 10.9 Å². The van der Waals surface area contributed by atoms with Crippen LogP contribution in [0.5, 0.6) is 0 Å². The van der Waals surface area contributed by atoms with Crippen molar-refractivity contribution in [3.05, 3.63) is 47.2 Å². The van der Waals surface area contributed by atoms with Crippen molar-refractivity contribution in [3.8, 4) is 0 Å². The first-order valence-corrected chi connectivity index (χ1v) is 15.2. The maximum Gasteiger partial charge on any atom is 0.248 e. The average Bonchev–Trinajstić information content (AvgIpc) is 3.60. The fraction of sp³-hybridized carbons (Fsp3) is 0.636. The molecule has 218 valence electrons. The molecule has 8 nitrogen and oxygen atoms in total. The van der Waals surface area contributed by atoms with E-state index >= 15 is 0 Å². The minimum atomic E-state index is -1.60. The molecule has 4 aliphatic carbocycles. The van der Waals surface area contributed by atoms with E-state index < -0.39 is 40.0 Å². The van der Waals surface area contributed by atoms with Crippen LogP contribution in [0.1, 0.15) is 71.1 Å². The summed E-state index contributed by atoms with van der Waals surface area (Å²) in [5.41, 5.74) is 0.413. The Labute approximate surface area is 240 Å². The summed E-state index contributed by atoms with van der Waals surface area (Å²) in [7, 11) is 1.83. The fourth-order valence-corrected chi connectivity index (χ4v) is 9.53. The molecule has 41 heavy (non-hydrogen) atoms. The van der Waals surface area contributed by atoms with Crippen LogP contribution >= 0.6 is 0 Å². The van der Waals surface area contributed by atoms with E-state index in [1.807, 2.05) is 27.0 Å². The molecule has 3 saturated carbocycles. The van der Waals surface area contributed by atoms with Crippen LogP contribution in [0.3, 0.4) is 0 Å². The number of fused-ring (bicyclic) bond motifs is 9. The third-order valence-electron chi connectivity index (χ3n) is 12.1. The second-order valence-electron chi connectivity index (χ2n) is 14.4. The lowest BCUT2D eigenvalue weighted by molar-refractivity contribution is -0.280.